The summed E-state index contributed by atoms with van der Waals surface area (Å²) in [6.45, 7) is 1.18. The molecule has 2 aromatic carbocycles. The molecule has 2 heteroatoms. The molecule has 88 valence electrons. The fourth-order valence-electron chi connectivity index (χ4n) is 1.64. The minimum absolute atomic E-state index is 0.578. The first-order valence-electron chi connectivity index (χ1n) is 5.67. The molecule has 2 rings (SSSR count). The highest BCUT2D eigenvalue weighted by Gasteiger charge is 1.99. The second kappa shape index (κ2) is 6.06. The van der Waals surface area contributed by atoms with Crippen LogP contribution >= 0.6 is 0 Å². The third-order valence-electron chi connectivity index (χ3n) is 2.50. The van der Waals surface area contributed by atoms with E-state index < -0.39 is 0 Å². The Bertz CT molecular complexity index is 451. The van der Waals surface area contributed by atoms with Gasteiger partial charge in [0.15, 0.2) is 0 Å². The van der Waals surface area contributed by atoms with Crippen LogP contribution in [0, 0.1) is 0 Å². The van der Waals surface area contributed by atoms with Gasteiger partial charge in [-0.1, -0.05) is 42.5 Å². The predicted octanol–water partition coefficient (Wildman–Crippen LogP) is 3.38. The second-order valence-electron chi connectivity index (χ2n) is 3.74. The molecule has 0 aliphatic heterocycles. The van der Waals surface area contributed by atoms with Crippen LogP contribution in [0.2, 0.25) is 0 Å². The summed E-state index contributed by atoms with van der Waals surface area (Å²) in [6.07, 6.45) is 0. The van der Waals surface area contributed by atoms with Crippen LogP contribution in [0.5, 0.6) is 5.75 Å². The Hall–Kier alpha value is -1.80. The number of methoxy groups -OCH3 is 1. The minimum atomic E-state index is 0.578. The molecular formula is C15H16O2. The lowest BCUT2D eigenvalue weighted by molar-refractivity contribution is 0.146. The summed E-state index contributed by atoms with van der Waals surface area (Å²) >= 11 is 0. The molecule has 0 fully saturated rings. The van der Waals surface area contributed by atoms with Crippen LogP contribution in [-0.4, -0.2) is 20.3 Å². The zero-order valence-electron chi connectivity index (χ0n) is 9.93. The van der Waals surface area contributed by atoms with Crippen molar-refractivity contribution in [3.63, 3.8) is 0 Å². The van der Waals surface area contributed by atoms with Crippen LogP contribution in [0.25, 0.3) is 11.1 Å². The van der Waals surface area contributed by atoms with E-state index in [0.717, 1.165) is 5.75 Å². The smallest absolute Gasteiger partial charge is 0.120 e. The average molecular weight is 228 g/mol. The monoisotopic (exact) mass is 228 g/mol. The number of ether oxygens (including phenoxy) is 2. The zero-order chi connectivity index (χ0) is 11.9. The maximum absolute atomic E-state index is 5.58. The highest BCUT2D eigenvalue weighted by molar-refractivity contribution is 5.64. The molecule has 0 aliphatic carbocycles. The highest BCUT2D eigenvalue weighted by atomic mass is 16.5. The van der Waals surface area contributed by atoms with E-state index in [0.29, 0.717) is 13.2 Å². The van der Waals surface area contributed by atoms with E-state index in [9.17, 15) is 0 Å². The molecule has 0 atom stereocenters. The molecule has 0 aromatic heterocycles. The van der Waals surface area contributed by atoms with Crippen molar-refractivity contribution in [3.8, 4) is 16.9 Å². The van der Waals surface area contributed by atoms with E-state index in [1.165, 1.54) is 11.1 Å². The Morgan fingerprint density at radius 3 is 2.35 bits per heavy atom. The van der Waals surface area contributed by atoms with Crippen LogP contribution in [-0.2, 0) is 4.74 Å². The first-order chi connectivity index (χ1) is 8.40. The predicted molar refractivity (Wildman–Crippen MR) is 69.2 cm³/mol. The van der Waals surface area contributed by atoms with Gasteiger partial charge < -0.3 is 9.47 Å². The SMILES string of the molecule is COCCOc1cccc(-c2ccccc2)c1. The summed E-state index contributed by atoms with van der Waals surface area (Å²) in [5.41, 5.74) is 2.37. The normalized spacial score (nSPS) is 10.2. The molecule has 0 radical (unpaired) electrons. The molecule has 0 amide bonds. The summed E-state index contributed by atoms with van der Waals surface area (Å²) in [5.74, 6) is 0.878. The van der Waals surface area contributed by atoms with E-state index in [2.05, 4.69) is 18.2 Å². The molecule has 0 bridgehead atoms. The summed E-state index contributed by atoms with van der Waals surface area (Å²) < 4.78 is 10.5. The average Bonchev–Trinajstić information content (AvgIpc) is 2.41. The molecule has 0 saturated heterocycles. The third-order valence-corrected chi connectivity index (χ3v) is 2.50. The van der Waals surface area contributed by atoms with Crippen molar-refractivity contribution in [1.29, 1.82) is 0 Å². The third kappa shape index (κ3) is 3.33. The van der Waals surface area contributed by atoms with E-state index in [-0.39, 0.29) is 0 Å². The van der Waals surface area contributed by atoms with Gasteiger partial charge in [0.1, 0.15) is 12.4 Å². The van der Waals surface area contributed by atoms with Gasteiger partial charge in [0.25, 0.3) is 0 Å². The van der Waals surface area contributed by atoms with Gasteiger partial charge in [-0.05, 0) is 23.3 Å². The van der Waals surface area contributed by atoms with Crippen LogP contribution in [0.1, 0.15) is 0 Å². The van der Waals surface area contributed by atoms with E-state index in [4.69, 9.17) is 9.47 Å². The van der Waals surface area contributed by atoms with Crippen molar-refractivity contribution in [2.45, 2.75) is 0 Å². The van der Waals surface area contributed by atoms with Crippen LogP contribution in [0.15, 0.2) is 54.6 Å². The molecule has 0 aliphatic rings. The minimum Gasteiger partial charge on any atom is -0.491 e. The molecule has 0 unspecified atom stereocenters. The lowest BCUT2D eigenvalue weighted by atomic mass is 10.1. The van der Waals surface area contributed by atoms with Crippen molar-refractivity contribution in [3.05, 3.63) is 54.6 Å². The molecule has 0 heterocycles. The van der Waals surface area contributed by atoms with Crippen molar-refractivity contribution < 1.29 is 9.47 Å². The zero-order valence-corrected chi connectivity index (χ0v) is 9.93. The molecule has 2 nitrogen and oxygen atoms in total. The second-order valence-corrected chi connectivity index (χ2v) is 3.74. The maximum atomic E-state index is 5.58. The Morgan fingerprint density at radius 1 is 0.824 bits per heavy atom. The van der Waals surface area contributed by atoms with E-state index in [1.807, 2.05) is 36.4 Å². The van der Waals surface area contributed by atoms with Crippen molar-refractivity contribution in [2.24, 2.45) is 0 Å². The molecule has 0 N–H and O–H groups in total. The Morgan fingerprint density at radius 2 is 1.59 bits per heavy atom. The quantitative estimate of drug-likeness (QED) is 0.730. The van der Waals surface area contributed by atoms with Crippen LogP contribution in [0.3, 0.4) is 0 Å². The van der Waals surface area contributed by atoms with E-state index >= 15 is 0 Å². The van der Waals surface area contributed by atoms with Gasteiger partial charge in [-0.25, -0.2) is 0 Å². The van der Waals surface area contributed by atoms with Gasteiger partial charge in [-0.15, -0.1) is 0 Å². The molecule has 2 aromatic rings. The lowest BCUT2D eigenvalue weighted by Gasteiger charge is -2.07. The van der Waals surface area contributed by atoms with Crippen LogP contribution < -0.4 is 4.74 Å². The van der Waals surface area contributed by atoms with Crippen molar-refractivity contribution in [1.82, 2.24) is 0 Å². The lowest BCUT2D eigenvalue weighted by Crippen LogP contribution is -2.04. The van der Waals surface area contributed by atoms with Crippen molar-refractivity contribution in [2.75, 3.05) is 20.3 Å². The summed E-state index contributed by atoms with van der Waals surface area (Å²) in [4.78, 5) is 0. The van der Waals surface area contributed by atoms with Gasteiger partial charge in [0.2, 0.25) is 0 Å². The first-order valence-corrected chi connectivity index (χ1v) is 5.67. The van der Waals surface area contributed by atoms with Gasteiger partial charge in [0, 0.05) is 7.11 Å². The topological polar surface area (TPSA) is 18.5 Å². The first kappa shape index (κ1) is 11.7. The fourth-order valence-corrected chi connectivity index (χ4v) is 1.64. The number of hydrogen-bond donors (Lipinski definition) is 0. The Kier molecular flexibility index (Phi) is 4.17. The summed E-state index contributed by atoms with van der Waals surface area (Å²) in [7, 11) is 1.67. The summed E-state index contributed by atoms with van der Waals surface area (Å²) in [5, 5.41) is 0. The molecular weight excluding hydrogens is 212 g/mol. The van der Waals surface area contributed by atoms with Crippen molar-refractivity contribution >= 4 is 0 Å². The van der Waals surface area contributed by atoms with Gasteiger partial charge in [-0.3, -0.25) is 0 Å². The summed E-state index contributed by atoms with van der Waals surface area (Å²) in [6, 6.07) is 18.4. The van der Waals surface area contributed by atoms with Gasteiger partial charge in [-0.2, -0.15) is 0 Å². The Labute approximate surface area is 102 Å². The molecule has 0 spiro atoms. The highest BCUT2D eigenvalue weighted by Crippen LogP contribution is 2.23. The van der Waals surface area contributed by atoms with Gasteiger partial charge >= 0.3 is 0 Å². The number of hydrogen-bond acceptors (Lipinski definition) is 2. The fraction of sp³-hybridized carbons (Fsp3) is 0.200. The van der Waals surface area contributed by atoms with Crippen LogP contribution in [0.4, 0.5) is 0 Å². The van der Waals surface area contributed by atoms with Gasteiger partial charge in [0.05, 0.1) is 6.61 Å². The number of rotatable bonds is 5. The van der Waals surface area contributed by atoms with E-state index in [1.54, 1.807) is 7.11 Å². The standard InChI is InChI=1S/C15H16O2/c1-16-10-11-17-15-9-5-8-14(12-15)13-6-3-2-4-7-13/h2-9,12H,10-11H2,1H3. The molecule has 0 saturated carbocycles. The maximum Gasteiger partial charge on any atom is 0.120 e. The Balaban J connectivity index is 2.12. The largest absolute Gasteiger partial charge is 0.491 e. The molecule has 17 heavy (non-hydrogen) atoms. The number of benzene rings is 2.